The van der Waals surface area contributed by atoms with Crippen molar-refractivity contribution in [3.63, 3.8) is 0 Å². The molecule has 0 aliphatic heterocycles. The number of nitrogen functional groups attached to an aromatic ring is 1. The number of esters is 2. The number of carbonyl (C=O) groups excluding carboxylic acids is 3. The van der Waals surface area contributed by atoms with E-state index in [-0.39, 0.29) is 12.2 Å². The Morgan fingerprint density at radius 2 is 1.50 bits per heavy atom. The molecule has 154 valence electrons. The minimum Gasteiger partial charge on any atom is -0.462 e. The lowest BCUT2D eigenvalue weighted by Gasteiger charge is -1.98. The summed E-state index contributed by atoms with van der Waals surface area (Å²) in [4.78, 5) is 42.2. The fraction of sp³-hybridized carbons (Fsp3) is 0.438. The van der Waals surface area contributed by atoms with Crippen LogP contribution < -0.4 is 5.73 Å². The molecule has 0 spiro atoms. The molecule has 0 saturated carbocycles. The smallest absolute Gasteiger partial charge is 0.352 e. The second-order valence-corrected chi connectivity index (χ2v) is 8.77. The summed E-state index contributed by atoms with van der Waals surface area (Å²) in [5.74, 6) is -0.530. The Balaban J connectivity index is 0.000000283. The number of carbonyl (C=O) groups is 3. The maximum Gasteiger partial charge on any atom is 0.352 e. The Labute approximate surface area is 179 Å². The number of aromatic nitrogens is 2. The van der Waals surface area contributed by atoms with E-state index in [4.69, 9.17) is 15.2 Å². The largest absolute Gasteiger partial charge is 0.462 e. The molecule has 0 amide bonds. The first kappa shape index (κ1) is 24.4. The molecule has 0 saturated heterocycles. The van der Waals surface area contributed by atoms with Crippen molar-refractivity contribution in [2.45, 2.75) is 28.9 Å². The van der Waals surface area contributed by atoms with Gasteiger partial charge >= 0.3 is 11.9 Å². The Bertz CT molecular complexity index is 806. The highest BCUT2D eigenvalue weighted by Crippen LogP contribution is 2.28. The molecule has 2 heterocycles. The number of thiazole rings is 2. The lowest BCUT2D eigenvalue weighted by atomic mass is 10.3. The van der Waals surface area contributed by atoms with Crippen LogP contribution in [0.15, 0.2) is 8.68 Å². The first-order chi connectivity index (χ1) is 13.4. The molecule has 28 heavy (non-hydrogen) atoms. The topological polar surface area (TPSA) is 121 Å². The van der Waals surface area contributed by atoms with Crippen LogP contribution in [0, 0.1) is 0 Å². The van der Waals surface area contributed by atoms with Gasteiger partial charge in [-0.05, 0) is 26.4 Å². The zero-order valence-electron chi connectivity index (χ0n) is 15.8. The highest BCUT2D eigenvalue weighted by atomic mass is 32.2. The van der Waals surface area contributed by atoms with E-state index in [1.807, 2.05) is 12.5 Å². The predicted octanol–water partition coefficient (Wildman–Crippen LogP) is 3.41. The van der Waals surface area contributed by atoms with E-state index < -0.39 is 11.9 Å². The van der Waals surface area contributed by atoms with Crippen molar-refractivity contribution < 1.29 is 23.9 Å². The quantitative estimate of drug-likeness (QED) is 0.354. The van der Waals surface area contributed by atoms with Crippen LogP contribution in [0.3, 0.4) is 0 Å². The number of nitrogens with zero attached hydrogens (tertiary/aromatic N) is 2. The number of nitrogens with two attached hydrogens (primary N) is 1. The summed E-state index contributed by atoms with van der Waals surface area (Å²) in [6.07, 6.45) is 4.65. The predicted molar refractivity (Wildman–Crippen MR) is 114 cm³/mol. The second-order valence-electron chi connectivity index (χ2n) is 4.67. The first-order valence-corrected chi connectivity index (χ1v) is 12.1. The van der Waals surface area contributed by atoms with Crippen LogP contribution in [0.5, 0.6) is 0 Å². The summed E-state index contributed by atoms with van der Waals surface area (Å²) in [7, 11) is 0. The average Bonchev–Trinajstić information content (AvgIpc) is 3.26. The van der Waals surface area contributed by atoms with Gasteiger partial charge in [0, 0.05) is 6.42 Å². The Morgan fingerprint density at radius 1 is 1.00 bits per heavy atom. The minimum absolute atomic E-state index is 0.158. The molecular formula is C16H21N3O5S4. The highest BCUT2D eigenvalue weighted by Gasteiger charge is 2.18. The number of hydrogen-bond donors (Lipinski definition) is 1. The van der Waals surface area contributed by atoms with E-state index in [1.54, 1.807) is 13.8 Å². The first-order valence-electron chi connectivity index (χ1n) is 8.03. The Hall–Kier alpha value is -1.63. The number of hydrogen-bond acceptors (Lipinski definition) is 12. The van der Waals surface area contributed by atoms with Crippen LogP contribution in [0.4, 0.5) is 5.82 Å². The molecule has 12 heteroatoms. The molecule has 8 nitrogen and oxygen atoms in total. The number of ether oxygens (including phenoxy) is 2. The van der Waals surface area contributed by atoms with Gasteiger partial charge in [0.05, 0.1) is 18.9 Å². The zero-order chi connectivity index (χ0) is 21.1. The zero-order valence-corrected chi connectivity index (χ0v) is 19.1. The number of aldehydes is 1. The average molecular weight is 464 g/mol. The lowest BCUT2D eigenvalue weighted by Crippen LogP contribution is -2.05. The molecule has 0 aliphatic carbocycles. The molecule has 2 aromatic heterocycles. The molecule has 2 rings (SSSR count). The van der Waals surface area contributed by atoms with Crippen molar-refractivity contribution in [1.82, 2.24) is 9.97 Å². The van der Waals surface area contributed by atoms with Crippen LogP contribution in [-0.4, -0.2) is 53.9 Å². The number of thioether (sulfide) groups is 2. The van der Waals surface area contributed by atoms with Gasteiger partial charge in [0.1, 0.15) is 11.2 Å². The van der Waals surface area contributed by atoms with Gasteiger partial charge in [-0.25, -0.2) is 19.6 Å². The maximum atomic E-state index is 11.5. The van der Waals surface area contributed by atoms with Gasteiger partial charge in [0.2, 0.25) is 0 Å². The molecule has 0 radical (unpaired) electrons. The molecule has 2 N–H and O–H groups in total. The van der Waals surface area contributed by atoms with Crippen molar-refractivity contribution in [1.29, 1.82) is 0 Å². The summed E-state index contributed by atoms with van der Waals surface area (Å²) in [6, 6.07) is 0. The number of anilines is 1. The minimum atomic E-state index is -0.396. The maximum absolute atomic E-state index is 11.5. The van der Waals surface area contributed by atoms with Gasteiger partial charge in [0.15, 0.2) is 19.4 Å². The molecule has 0 atom stereocenters. The van der Waals surface area contributed by atoms with Gasteiger partial charge in [0.25, 0.3) is 0 Å². The van der Waals surface area contributed by atoms with Gasteiger partial charge in [-0.15, -0.1) is 11.3 Å². The van der Waals surface area contributed by atoms with Crippen molar-refractivity contribution in [2.75, 3.05) is 31.5 Å². The highest BCUT2D eigenvalue weighted by molar-refractivity contribution is 8.00. The van der Waals surface area contributed by atoms with E-state index in [9.17, 15) is 14.4 Å². The summed E-state index contributed by atoms with van der Waals surface area (Å²) in [5.41, 5.74) is 6.05. The normalized spacial score (nSPS) is 10.0. The summed E-state index contributed by atoms with van der Waals surface area (Å²) in [5, 5.41) is 0. The van der Waals surface area contributed by atoms with E-state index in [1.165, 1.54) is 46.2 Å². The Morgan fingerprint density at radius 3 is 1.96 bits per heavy atom. The van der Waals surface area contributed by atoms with E-state index in [0.29, 0.717) is 28.7 Å². The van der Waals surface area contributed by atoms with E-state index >= 15 is 0 Å². The second kappa shape index (κ2) is 12.8. The molecule has 0 aliphatic rings. The van der Waals surface area contributed by atoms with E-state index in [2.05, 4.69) is 9.97 Å². The molecule has 0 bridgehead atoms. The van der Waals surface area contributed by atoms with Gasteiger partial charge < -0.3 is 20.0 Å². The van der Waals surface area contributed by atoms with Gasteiger partial charge in [-0.3, -0.25) is 0 Å². The third kappa shape index (κ3) is 7.08. The summed E-state index contributed by atoms with van der Waals surface area (Å²) in [6.45, 7) is 4.18. The number of rotatable bonds is 8. The molecule has 0 unspecified atom stereocenters. The van der Waals surface area contributed by atoms with Crippen LogP contribution in [0.2, 0.25) is 0 Å². The standard InChI is InChI=1S/C9H11NO3S2.C7H10N2O2S2/c1-3-13-8(12)7-6(4-5-11)10-9(14-2)15-7;1-3-11-6(10)4-5(8)9-7(12-2)13-4/h5H,3-4H2,1-2H3;3,8H2,1-2H3. The summed E-state index contributed by atoms with van der Waals surface area (Å²) < 4.78 is 11.2. The SMILES string of the molecule is CCOC(=O)c1sc(SC)nc1CC=O.CCOC(=O)c1sc(SC)nc1N. The van der Waals surface area contributed by atoms with Crippen molar-refractivity contribution in [3.05, 3.63) is 15.4 Å². The fourth-order valence-electron chi connectivity index (χ4n) is 1.73. The van der Waals surface area contributed by atoms with Gasteiger partial charge in [-0.1, -0.05) is 34.9 Å². The lowest BCUT2D eigenvalue weighted by molar-refractivity contribution is -0.107. The third-order valence-corrected chi connectivity index (χ3v) is 6.96. The third-order valence-electron chi connectivity index (χ3n) is 2.86. The molecule has 0 aromatic carbocycles. The van der Waals surface area contributed by atoms with E-state index in [0.717, 1.165) is 15.0 Å². The van der Waals surface area contributed by atoms with Crippen LogP contribution in [-0.2, 0) is 20.7 Å². The summed E-state index contributed by atoms with van der Waals surface area (Å²) >= 11 is 5.43. The molecule has 0 fully saturated rings. The van der Waals surface area contributed by atoms with Crippen LogP contribution >= 0.6 is 46.2 Å². The van der Waals surface area contributed by atoms with Gasteiger partial charge in [-0.2, -0.15) is 0 Å². The van der Waals surface area contributed by atoms with Crippen molar-refractivity contribution in [2.24, 2.45) is 0 Å². The van der Waals surface area contributed by atoms with Crippen molar-refractivity contribution >= 4 is 70.2 Å². The molecule has 2 aromatic rings. The Kier molecular flexibility index (Phi) is 11.1. The van der Waals surface area contributed by atoms with Crippen LogP contribution in [0.1, 0.15) is 38.9 Å². The fourth-order valence-corrected chi connectivity index (χ4v) is 4.62. The monoisotopic (exact) mass is 463 g/mol. The molecular weight excluding hydrogens is 442 g/mol. The van der Waals surface area contributed by atoms with Crippen LogP contribution in [0.25, 0.3) is 0 Å². The van der Waals surface area contributed by atoms with Crippen molar-refractivity contribution in [3.8, 4) is 0 Å².